The minimum Gasteiger partial charge on any atom is -0.484 e. The fraction of sp³-hybridized carbons (Fsp3) is 0.385. The van der Waals surface area contributed by atoms with E-state index in [-0.39, 0.29) is 6.61 Å². The molecule has 0 unspecified atom stereocenters. The van der Waals surface area contributed by atoms with Crippen LogP contribution in [0.4, 0.5) is 0 Å². The second kappa shape index (κ2) is 7.04. The summed E-state index contributed by atoms with van der Waals surface area (Å²) in [6.45, 7) is 3.17. The van der Waals surface area contributed by atoms with E-state index in [0.29, 0.717) is 22.8 Å². The second-order valence-electron chi connectivity index (χ2n) is 4.01. The van der Waals surface area contributed by atoms with E-state index in [1.165, 1.54) is 24.3 Å². The summed E-state index contributed by atoms with van der Waals surface area (Å²) in [5.41, 5.74) is 5.46. The van der Waals surface area contributed by atoms with Gasteiger partial charge in [0.1, 0.15) is 5.75 Å². The van der Waals surface area contributed by atoms with Crippen LogP contribution in [0, 0.1) is 0 Å². The van der Waals surface area contributed by atoms with Gasteiger partial charge in [-0.05, 0) is 24.3 Å². The largest absolute Gasteiger partial charge is 0.484 e. The van der Waals surface area contributed by atoms with Crippen LogP contribution in [-0.4, -0.2) is 34.1 Å². The van der Waals surface area contributed by atoms with Crippen molar-refractivity contribution in [2.45, 2.75) is 13.8 Å². The molecule has 0 aliphatic rings. The average Bonchev–Trinajstić information content (AvgIpc) is 2.45. The molecular formula is C13H18N2O4S. The fourth-order valence-corrected chi connectivity index (χ4v) is 2.50. The van der Waals surface area contributed by atoms with Crippen molar-refractivity contribution >= 4 is 21.5 Å². The fourth-order valence-electron chi connectivity index (χ4n) is 1.41. The summed E-state index contributed by atoms with van der Waals surface area (Å²) in [6, 6.07) is 6.07. The number of primary amides is 1. The standard InChI is InChI=1S/C13H18N2O4S/c1-3-20(18,4-2)15-12(16)9-19-11-7-5-10(6-8-11)13(14)17/h5-8H,3-4,9H2,1-2H3,(H2,14,17). The predicted molar refractivity (Wildman–Crippen MR) is 77.1 cm³/mol. The number of carbonyl (C=O) groups is 2. The molecule has 7 heteroatoms. The van der Waals surface area contributed by atoms with Crippen LogP contribution < -0.4 is 10.5 Å². The van der Waals surface area contributed by atoms with Crippen molar-refractivity contribution in [1.29, 1.82) is 0 Å². The summed E-state index contributed by atoms with van der Waals surface area (Å²) in [5.74, 6) is -0.00515. The van der Waals surface area contributed by atoms with Gasteiger partial charge in [-0.2, -0.15) is 4.36 Å². The molecule has 0 aliphatic carbocycles. The lowest BCUT2D eigenvalue weighted by molar-refractivity contribution is -0.119. The number of amides is 2. The highest BCUT2D eigenvalue weighted by atomic mass is 32.2. The Hall–Kier alpha value is -1.89. The molecule has 110 valence electrons. The van der Waals surface area contributed by atoms with Crippen LogP contribution in [0.2, 0.25) is 0 Å². The highest BCUT2D eigenvalue weighted by Gasteiger charge is 2.08. The van der Waals surface area contributed by atoms with E-state index in [2.05, 4.69) is 4.36 Å². The van der Waals surface area contributed by atoms with Crippen molar-refractivity contribution in [3.8, 4) is 5.75 Å². The van der Waals surface area contributed by atoms with Gasteiger partial charge in [-0.15, -0.1) is 0 Å². The predicted octanol–water partition coefficient (Wildman–Crippen LogP) is 1.20. The molecule has 1 aromatic carbocycles. The van der Waals surface area contributed by atoms with E-state index < -0.39 is 21.5 Å². The number of nitrogens with two attached hydrogens (primary N) is 1. The molecule has 0 saturated heterocycles. The zero-order chi connectivity index (χ0) is 15.2. The van der Waals surface area contributed by atoms with Crippen molar-refractivity contribution in [3.63, 3.8) is 0 Å². The summed E-state index contributed by atoms with van der Waals surface area (Å²) < 4.78 is 20.9. The molecule has 0 aliphatic heterocycles. The lowest BCUT2D eigenvalue weighted by atomic mass is 10.2. The topological polar surface area (TPSA) is 98.8 Å². The van der Waals surface area contributed by atoms with Gasteiger partial charge in [0.2, 0.25) is 5.91 Å². The number of carbonyl (C=O) groups excluding carboxylic acids is 2. The van der Waals surface area contributed by atoms with Crippen LogP contribution in [0.5, 0.6) is 5.75 Å². The number of benzene rings is 1. The van der Waals surface area contributed by atoms with Gasteiger partial charge >= 0.3 is 0 Å². The lowest BCUT2D eigenvalue weighted by Crippen LogP contribution is -2.15. The first-order valence-corrected chi connectivity index (χ1v) is 8.03. The number of nitrogens with zero attached hydrogens (tertiary/aromatic N) is 1. The molecular weight excluding hydrogens is 280 g/mol. The Morgan fingerprint density at radius 2 is 1.75 bits per heavy atom. The van der Waals surface area contributed by atoms with Crippen LogP contribution in [0.25, 0.3) is 0 Å². The Balaban J connectivity index is 2.66. The molecule has 6 nitrogen and oxygen atoms in total. The zero-order valence-electron chi connectivity index (χ0n) is 11.5. The Kier molecular flexibility index (Phi) is 5.69. The number of hydrogen-bond acceptors (Lipinski definition) is 4. The molecule has 0 atom stereocenters. The van der Waals surface area contributed by atoms with E-state index in [9.17, 15) is 13.8 Å². The van der Waals surface area contributed by atoms with E-state index in [0.717, 1.165) is 0 Å². The van der Waals surface area contributed by atoms with E-state index >= 15 is 0 Å². The molecule has 0 bridgehead atoms. The number of ether oxygens (including phenoxy) is 1. The minimum atomic E-state index is -2.45. The average molecular weight is 298 g/mol. The molecule has 1 rings (SSSR count). The van der Waals surface area contributed by atoms with Gasteiger partial charge in [-0.25, -0.2) is 4.21 Å². The summed E-state index contributed by atoms with van der Waals surface area (Å²) in [7, 11) is -2.45. The van der Waals surface area contributed by atoms with Gasteiger partial charge in [0.15, 0.2) is 6.61 Å². The summed E-state index contributed by atoms with van der Waals surface area (Å²) >= 11 is 0. The maximum atomic E-state index is 12.0. The Morgan fingerprint density at radius 1 is 1.20 bits per heavy atom. The van der Waals surface area contributed by atoms with Gasteiger partial charge in [0.05, 0.1) is 9.73 Å². The first-order chi connectivity index (χ1) is 9.40. The molecule has 1 aromatic rings. The van der Waals surface area contributed by atoms with Crippen molar-refractivity contribution in [2.24, 2.45) is 10.1 Å². The van der Waals surface area contributed by atoms with Crippen molar-refractivity contribution < 1.29 is 18.5 Å². The van der Waals surface area contributed by atoms with Crippen LogP contribution in [0.3, 0.4) is 0 Å². The monoisotopic (exact) mass is 298 g/mol. The third kappa shape index (κ3) is 4.65. The van der Waals surface area contributed by atoms with Crippen LogP contribution in [0.1, 0.15) is 24.2 Å². The van der Waals surface area contributed by atoms with Gasteiger partial charge in [-0.3, -0.25) is 9.59 Å². The van der Waals surface area contributed by atoms with Crippen LogP contribution >= 0.6 is 0 Å². The number of hydrogen-bond donors (Lipinski definition) is 1. The third-order valence-corrected chi connectivity index (χ3v) is 5.01. The first kappa shape index (κ1) is 16.2. The Bertz CT molecular complexity index is 591. The highest BCUT2D eigenvalue weighted by Crippen LogP contribution is 2.12. The van der Waals surface area contributed by atoms with E-state index in [1.54, 1.807) is 13.8 Å². The number of rotatable bonds is 6. The smallest absolute Gasteiger partial charge is 0.291 e. The van der Waals surface area contributed by atoms with Gasteiger partial charge in [-0.1, -0.05) is 13.8 Å². The van der Waals surface area contributed by atoms with Crippen LogP contribution in [0.15, 0.2) is 28.6 Å². The van der Waals surface area contributed by atoms with Crippen molar-refractivity contribution in [1.82, 2.24) is 0 Å². The van der Waals surface area contributed by atoms with Gasteiger partial charge in [0.25, 0.3) is 5.91 Å². The maximum absolute atomic E-state index is 12.0. The van der Waals surface area contributed by atoms with Gasteiger partial charge in [0, 0.05) is 17.1 Å². The van der Waals surface area contributed by atoms with Crippen molar-refractivity contribution in [2.75, 3.05) is 18.1 Å². The highest BCUT2D eigenvalue weighted by molar-refractivity contribution is 7.93. The quantitative estimate of drug-likeness (QED) is 0.853. The molecule has 20 heavy (non-hydrogen) atoms. The third-order valence-electron chi connectivity index (χ3n) is 2.67. The molecule has 2 N–H and O–H groups in total. The molecule has 0 spiro atoms. The molecule has 0 radical (unpaired) electrons. The molecule has 2 amide bonds. The summed E-state index contributed by atoms with van der Waals surface area (Å²) in [6.07, 6.45) is 0. The first-order valence-electron chi connectivity index (χ1n) is 6.18. The van der Waals surface area contributed by atoms with Crippen LogP contribution in [-0.2, 0) is 14.5 Å². The Labute approximate surface area is 118 Å². The SMILES string of the molecule is CCS(=O)(CC)=NC(=O)COc1ccc(C(N)=O)cc1. The normalized spacial score (nSPS) is 10.9. The second-order valence-corrected chi connectivity index (χ2v) is 6.89. The zero-order valence-corrected chi connectivity index (χ0v) is 12.3. The maximum Gasteiger partial charge on any atom is 0.291 e. The Morgan fingerprint density at radius 3 is 2.20 bits per heavy atom. The lowest BCUT2D eigenvalue weighted by Gasteiger charge is -2.06. The van der Waals surface area contributed by atoms with E-state index in [1.807, 2.05) is 0 Å². The minimum absolute atomic E-state index is 0.285. The van der Waals surface area contributed by atoms with Gasteiger partial charge < -0.3 is 10.5 Å². The summed E-state index contributed by atoms with van der Waals surface area (Å²) in [4.78, 5) is 22.5. The summed E-state index contributed by atoms with van der Waals surface area (Å²) in [5, 5.41) is 0. The molecule has 0 saturated carbocycles. The van der Waals surface area contributed by atoms with Crippen molar-refractivity contribution in [3.05, 3.63) is 29.8 Å². The van der Waals surface area contributed by atoms with E-state index in [4.69, 9.17) is 10.5 Å². The molecule has 0 aromatic heterocycles. The molecule has 0 heterocycles. The molecule has 0 fully saturated rings.